The number of amides is 1. The fourth-order valence-electron chi connectivity index (χ4n) is 1.85. The van der Waals surface area contributed by atoms with Crippen molar-refractivity contribution in [3.63, 3.8) is 0 Å². The van der Waals surface area contributed by atoms with Crippen LogP contribution < -0.4 is 5.32 Å². The summed E-state index contributed by atoms with van der Waals surface area (Å²) in [4.78, 5) is 28.9. The zero-order chi connectivity index (χ0) is 16.1. The lowest BCUT2D eigenvalue weighted by atomic mass is 10.1. The molecule has 1 aromatic heterocycles. The van der Waals surface area contributed by atoms with Crippen molar-refractivity contribution in [2.45, 2.75) is 32.8 Å². The molecule has 0 radical (unpaired) electrons. The van der Waals surface area contributed by atoms with Gasteiger partial charge in [-0.15, -0.1) is 11.3 Å². The summed E-state index contributed by atoms with van der Waals surface area (Å²) in [7, 11) is 0. The highest BCUT2D eigenvalue weighted by molar-refractivity contribution is 7.15. The first kappa shape index (κ1) is 16.2. The molecular formula is C16H18N2O3S. The number of rotatable bonds is 5. The molecule has 0 aliphatic rings. The van der Waals surface area contributed by atoms with Gasteiger partial charge in [-0.1, -0.05) is 44.2 Å². The molecule has 0 bridgehead atoms. The Kier molecular flexibility index (Phi) is 5.27. The van der Waals surface area contributed by atoms with Crippen LogP contribution in [0.3, 0.4) is 0 Å². The summed E-state index contributed by atoms with van der Waals surface area (Å²) < 4.78 is 5.15. The smallest absolute Gasteiger partial charge is 0.303 e. The largest absolute Gasteiger partial charge is 0.447 e. The van der Waals surface area contributed by atoms with Gasteiger partial charge in [-0.05, 0) is 5.92 Å². The van der Waals surface area contributed by atoms with Crippen LogP contribution in [0.15, 0.2) is 36.5 Å². The van der Waals surface area contributed by atoms with Crippen molar-refractivity contribution in [1.29, 1.82) is 0 Å². The van der Waals surface area contributed by atoms with Crippen molar-refractivity contribution in [2.24, 2.45) is 0 Å². The molecule has 116 valence electrons. The molecule has 0 saturated carbocycles. The summed E-state index contributed by atoms with van der Waals surface area (Å²) in [5.74, 6) is -0.571. The maximum absolute atomic E-state index is 12.4. The molecule has 2 rings (SSSR count). The predicted octanol–water partition coefficient (Wildman–Crippen LogP) is 3.51. The van der Waals surface area contributed by atoms with E-state index in [-0.39, 0.29) is 0 Å². The topological polar surface area (TPSA) is 68.3 Å². The minimum absolute atomic E-state index is 0.349. The molecule has 1 aromatic carbocycles. The zero-order valence-corrected chi connectivity index (χ0v) is 13.5. The maximum Gasteiger partial charge on any atom is 0.303 e. The molecule has 5 nitrogen and oxygen atoms in total. The summed E-state index contributed by atoms with van der Waals surface area (Å²) in [6.07, 6.45) is 0.763. The molecule has 0 aliphatic heterocycles. The van der Waals surface area contributed by atoms with Crippen LogP contribution in [0, 0.1) is 0 Å². The Bertz CT molecular complexity index is 652. The van der Waals surface area contributed by atoms with E-state index in [1.165, 1.54) is 18.3 Å². The Hall–Kier alpha value is -2.21. The number of hydrogen-bond donors (Lipinski definition) is 1. The number of anilines is 1. The normalized spacial score (nSPS) is 12.0. The van der Waals surface area contributed by atoms with Crippen molar-refractivity contribution < 1.29 is 14.3 Å². The summed E-state index contributed by atoms with van der Waals surface area (Å²) in [6, 6.07) is 8.91. The standard InChI is InChI=1S/C16H18N2O3S/c1-10(2)13-9-17-16(22-13)18-15(20)14(21-11(3)19)12-7-5-4-6-8-12/h4-10,14H,1-3H3,(H,17,18,20)/t14-/m1/s1. The zero-order valence-electron chi connectivity index (χ0n) is 12.7. The Balaban J connectivity index is 2.16. The summed E-state index contributed by atoms with van der Waals surface area (Å²) in [5.41, 5.74) is 0.621. The number of thiazole rings is 1. The van der Waals surface area contributed by atoms with Gasteiger partial charge in [-0.2, -0.15) is 0 Å². The summed E-state index contributed by atoms with van der Waals surface area (Å²) in [6.45, 7) is 5.40. The number of carbonyl (C=O) groups excluding carboxylic acids is 2. The average Bonchev–Trinajstić information content (AvgIpc) is 2.94. The van der Waals surface area contributed by atoms with E-state index in [0.29, 0.717) is 16.6 Å². The maximum atomic E-state index is 12.4. The molecule has 0 spiro atoms. The second kappa shape index (κ2) is 7.17. The molecule has 1 amide bonds. The fourth-order valence-corrected chi connectivity index (χ4v) is 2.67. The highest BCUT2D eigenvalue weighted by atomic mass is 32.1. The molecule has 1 N–H and O–H groups in total. The van der Waals surface area contributed by atoms with E-state index in [1.54, 1.807) is 30.5 Å². The van der Waals surface area contributed by atoms with Crippen LogP contribution in [0.5, 0.6) is 0 Å². The van der Waals surface area contributed by atoms with Gasteiger partial charge in [0.05, 0.1) is 0 Å². The molecule has 6 heteroatoms. The van der Waals surface area contributed by atoms with E-state index in [0.717, 1.165) is 4.88 Å². The fraction of sp³-hybridized carbons (Fsp3) is 0.312. The first-order valence-electron chi connectivity index (χ1n) is 6.96. The molecule has 0 saturated heterocycles. The van der Waals surface area contributed by atoms with Gasteiger partial charge >= 0.3 is 5.97 Å². The van der Waals surface area contributed by atoms with Crippen molar-refractivity contribution >= 4 is 28.3 Å². The van der Waals surface area contributed by atoms with E-state index < -0.39 is 18.0 Å². The Labute approximate surface area is 133 Å². The van der Waals surface area contributed by atoms with Gasteiger partial charge in [0.15, 0.2) is 5.13 Å². The molecule has 0 unspecified atom stereocenters. The van der Waals surface area contributed by atoms with E-state index in [9.17, 15) is 9.59 Å². The van der Waals surface area contributed by atoms with Crippen molar-refractivity contribution in [3.05, 3.63) is 47.0 Å². The molecule has 1 heterocycles. The van der Waals surface area contributed by atoms with E-state index in [1.807, 2.05) is 6.07 Å². The number of carbonyl (C=O) groups is 2. The highest BCUT2D eigenvalue weighted by Gasteiger charge is 2.24. The highest BCUT2D eigenvalue weighted by Crippen LogP contribution is 2.27. The molecule has 0 aliphatic carbocycles. The van der Waals surface area contributed by atoms with Gasteiger partial charge in [0.1, 0.15) is 0 Å². The number of hydrogen-bond acceptors (Lipinski definition) is 5. The van der Waals surface area contributed by atoms with Crippen LogP contribution in [-0.2, 0) is 14.3 Å². The molecule has 22 heavy (non-hydrogen) atoms. The molecule has 2 aromatic rings. The van der Waals surface area contributed by atoms with E-state index >= 15 is 0 Å². The Morgan fingerprint density at radius 3 is 2.45 bits per heavy atom. The first-order valence-corrected chi connectivity index (χ1v) is 7.77. The minimum atomic E-state index is -0.981. The number of ether oxygens (including phenoxy) is 1. The lowest BCUT2D eigenvalue weighted by Gasteiger charge is -2.16. The van der Waals surface area contributed by atoms with Gasteiger partial charge in [-0.25, -0.2) is 4.98 Å². The van der Waals surface area contributed by atoms with Gasteiger partial charge in [-0.3, -0.25) is 14.9 Å². The van der Waals surface area contributed by atoms with Crippen LogP contribution in [0.2, 0.25) is 0 Å². The van der Waals surface area contributed by atoms with Gasteiger partial charge in [0.25, 0.3) is 5.91 Å². The molecular weight excluding hydrogens is 300 g/mol. The first-order chi connectivity index (χ1) is 10.5. The SMILES string of the molecule is CC(=O)O[C@@H](C(=O)Nc1ncc(C(C)C)s1)c1ccccc1. The number of esters is 1. The number of nitrogens with zero attached hydrogens (tertiary/aromatic N) is 1. The van der Waals surface area contributed by atoms with Crippen LogP contribution >= 0.6 is 11.3 Å². The van der Waals surface area contributed by atoms with Crippen molar-refractivity contribution in [3.8, 4) is 0 Å². The van der Waals surface area contributed by atoms with Crippen molar-refractivity contribution in [2.75, 3.05) is 5.32 Å². The van der Waals surface area contributed by atoms with E-state index in [2.05, 4.69) is 24.1 Å². The van der Waals surface area contributed by atoms with Gasteiger partial charge < -0.3 is 4.74 Å². The Morgan fingerprint density at radius 2 is 1.91 bits per heavy atom. The second-order valence-corrected chi connectivity index (χ2v) is 6.17. The van der Waals surface area contributed by atoms with Gasteiger partial charge in [0.2, 0.25) is 6.10 Å². The monoisotopic (exact) mass is 318 g/mol. The average molecular weight is 318 g/mol. The number of aromatic nitrogens is 1. The molecule has 0 fully saturated rings. The summed E-state index contributed by atoms with van der Waals surface area (Å²) in [5, 5.41) is 3.21. The Morgan fingerprint density at radius 1 is 1.23 bits per heavy atom. The lowest BCUT2D eigenvalue weighted by molar-refractivity contribution is -0.152. The third-order valence-electron chi connectivity index (χ3n) is 2.95. The molecule has 1 atom stereocenters. The number of nitrogens with one attached hydrogen (secondary N) is 1. The summed E-state index contributed by atoms with van der Waals surface area (Å²) >= 11 is 1.42. The van der Waals surface area contributed by atoms with Crippen molar-refractivity contribution in [1.82, 2.24) is 4.98 Å². The van der Waals surface area contributed by atoms with Gasteiger partial charge in [0, 0.05) is 23.6 Å². The van der Waals surface area contributed by atoms with Crippen LogP contribution in [0.1, 0.15) is 43.2 Å². The second-order valence-electron chi connectivity index (χ2n) is 5.11. The third-order valence-corrected chi connectivity index (χ3v) is 4.16. The number of benzene rings is 1. The van der Waals surface area contributed by atoms with E-state index in [4.69, 9.17) is 4.74 Å². The van der Waals surface area contributed by atoms with Crippen LogP contribution in [0.25, 0.3) is 0 Å². The van der Waals surface area contributed by atoms with Crippen LogP contribution in [0.4, 0.5) is 5.13 Å². The lowest BCUT2D eigenvalue weighted by Crippen LogP contribution is -2.25. The quantitative estimate of drug-likeness (QED) is 0.857. The van der Waals surface area contributed by atoms with Crippen LogP contribution in [-0.4, -0.2) is 16.9 Å². The minimum Gasteiger partial charge on any atom is -0.447 e. The third kappa shape index (κ3) is 4.14. The predicted molar refractivity (Wildman–Crippen MR) is 85.8 cm³/mol.